The fraction of sp³-hybridized carbons (Fsp3) is 0.375. The highest BCUT2D eigenvalue weighted by Crippen LogP contribution is 2.26. The maximum atomic E-state index is 13.0. The molecule has 1 aromatic heterocycles. The van der Waals surface area contributed by atoms with Crippen LogP contribution in [0.4, 0.5) is 8.78 Å². The lowest BCUT2D eigenvalue weighted by molar-refractivity contribution is 0.162. The van der Waals surface area contributed by atoms with E-state index in [0.29, 0.717) is 0 Å². The van der Waals surface area contributed by atoms with E-state index in [1.54, 1.807) is 0 Å². The molecule has 0 aliphatic rings. The molecular weight excluding hydrogens is 180 g/mol. The molecule has 1 N–H and O–H groups in total. The van der Waals surface area contributed by atoms with Gasteiger partial charge >= 0.3 is 0 Å². The average Bonchev–Trinajstić information content (AvgIpc) is 2.04. The van der Waals surface area contributed by atoms with Crippen LogP contribution >= 0.6 is 0 Å². The van der Waals surface area contributed by atoms with Gasteiger partial charge in [0.25, 0.3) is 0 Å². The molecule has 5 heteroatoms. The Bertz CT molecular complexity index is 291. The van der Waals surface area contributed by atoms with Crippen molar-refractivity contribution < 1.29 is 18.6 Å². The van der Waals surface area contributed by atoms with E-state index in [-0.39, 0.29) is 11.3 Å². The molecule has 1 aromatic rings. The van der Waals surface area contributed by atoms with Crippen LogP contribution in [0.3, 0.4) is 0 Å². The molecule has 0 saturated heterocycles. The summed E-state index contributed by atoms with van der Waals surface area (Å²) < 4.78 is 29.2. The normalized spacial score (nSPS) is 12.6. The zero-order valence-electron chi connectivity index (χ0n) is 7.00. The van der Waals surface area contributed by atoms with Crippen molar-refractivity contribution in [2.45, 2.75) is 13.0 Å². The fourth-order valence-corrected chi connectivity index (χ4v) is 1.01. The van der Waals surface area contributed by atoms with Gasteiger partial charge in [-0.3, -0.25) is 4.98 Å². The van der Waals surface area contributed by atoms with Crippen LogP contribution in [0.15, 0.2) is 12.4 Å². The third-order valence-corrected chi connectivity index (χ3v) is 1.53. The molecule has 0 fully saturated rings. The molecule has 0 aliphatic heterocycles. The topological polar surface area (TPSA) is 42.4 Å². The zero-order chi connectivity index (χ0) is 9.84. The van der Waals surface area contributed by atoms with Crippen molar-refractivity contribution in [2.24, 2.45) is 0 Å². The van der Waals surface area contributed by atoms with Crippen LogP contribution in [0.5, 0.6) is 5.75 Å². The Morgan fingerprint density at radius 3 is 2.85 bits per heavy atom. The molecule has 0 aromatic carbocycles. The standard InChI is InChI=1S/C8H9F2NO2/c1-5(12)8-6(10)2-11-3-7(8)13-4-9/h2-3,5,12H,4H2,1H3. The van der Waals surface area contributed by atoms with Gasteiger partial charge in [0.2, 0.25) is 6.86 Å². The molecule has 0 saturated carbocycles. The van der Waals surface area contributed by atoms with Gasteiger partial charge in [0, 0.05) is 0 Å². The molecule has 0 amide bonds. The molecule has 1 unspecified atom stereocenters. The molecule has 0 radical (unpaired) electrons. The number of ether oxygens (including phenoxy) is 1. The first kappa shape index (κ1) is 9.85. The molecule has 0 bridgehead atoms. The van der Waals surface area contributed by atoms with Crippen molar-refractivity contribution in [3.8, 4) is 5.75 Å². The summed E-state index contributed by atoms with van der Waals surface area (Å²) >= 11 is 0. The molecule has 72 valence electrons. The highest BCUT2D eigenvalue weighted by molar-refractivity contribution is 5.32. The van der Waals surface area contributed by atoms with Gasteiger partial charge in [0.15, 0.2) is 5.82 Å². The predicted octanol–water partition coefficient (Wildman–Crippen LogP) is 1.58. The summed E-state index contributed by atoms with van der Waals surface area (Å²) in [5.41, 5.74) is -0.0762. The number of halogens is 2. The Balaban J connectivity index is 3.10. The van der Waals surface area contributed by atoms with Crippen molar-refractivity contribution >= 4 is 0 Å². The number of aromatic nitrogens is 1. The second-order valence-corrected chi connectivity index (χ2v) is 2.46. The van der Waals surface area contributed by atoms with E-state index >= 15 is 0 Å². The van der Waals surface area contributed by atoms with Gasteiger partial charge < -0.3 is 9.84 Å². The van der Waals surface area contributed by atoms with E-state index in [0.717, 1.165) is 12.4 Å². The van der Waals surface area contributed by atoms with E-state index in [9.17, 15) is 8.78 Å². The summed E-state index contributed by atoms with van der Waals surface area (Å²) in [5, 5.41) is 9.14. The first-order valence-corrected chi connectivity index (χ1v) is 3.67. The third kappa shape index (κ3) is 2.12. The summed E-state index contributed by atoms with van der Waals surface area (Å²) in [5.74, 6) is -0.779. The van der Waals surface area contributed by atoms with Gasteiger partial charge in [-0.05, 0) is 6.92 Å². The molecule has 1 rings (SSSR count). The summed E-state index contributed by atoms with van der Waals surface area (Å²) in [6.45, 7) is 0.286. The number of hydrogen-bond donors (Lipinski definition) is 1. The van der Waals surface area contributed by atoms with Gasteiger partial charge in [-0.1, -0.05) is 0 Å². The second kappa shape index (κ2) is 4.13. The van der Waals surface area contributed by atoms with Gasteiger partial charge in [0.05, 0.1) is 24.1 Å². The molecular formula is C8H9F2NO2. The monoisotopic (exact) mass is 189 g/mol. The molecule has 0 aliphatic carbocycles. The summed E-state index contributed by atoms with van der Waals surface area (Å²) in [6, 6.07) is 0. The minimum absolute atomic E-state index is 0.0718. The smallest absolute Gasteiger partial charge is 0.228 e. The second-order valence-electron chi connectivity index (χ2n) is 2.46. The van der Waals surface area contributed by atoms with Crippen molar-refractivity contribution in [3.05, 3.63) is 23.8 Å². The van der Waals surface area contributed by atoms with Crippen LogP contribution in [0.2, 0.25) is 0 Å². The molecule has 1 heterocycles. The van der Waals surface area contributed by atoms with Crippen LogP contribution in [0.1, 0.15) is 18.6 Å². The van der Waals surface area contributed by atoms with E-state index in [2.05, 4.69) is 9.72 Å². The Morgan fingerprint density at radius 2 is 2.31 bits per heavy atom. The maximum Gasteiger partial charge on any atom is 0.228 e. The predicted molar refractivity (Wildman–Crippen MR) is 41.4 cm³/mol. The van der Waals surface area contributed by atoms with Crippen molar-refractivity contribution in [1.82, 2.24) is 4.98 Å². The number of aliphatic hydroxyl groups is 1. The fourth-order valence-electron chi connectivity index (χ4n) is 1.01. The van der Waals surface area contributed by atoms with Crippen LogP contribution in [-0.2, 0) is 0 Å². The van der Waals surface area contributed by atoms with Gasteiger partial charge in [-0.25, -0.2) is 8.78 Å². The summed E-state index contributed by atoms with van der Waals surface area (Å²) in [6.07, 6.45) is 1.04. The van der Waals surface area contributed by atoms with Crippen LogP contribution in [-0.4, -0.2) is 17.0 Å². The van der Waals surface area contributed by atoms with E-state index in [1.807, 2.05) is 0 Å². The van der Waals surface area contributed by atoms with Crippen molar-refractivity contribution in [1.29, 1.82) is 0 Å². The molecule has 3 nitrogen and oxygen atoms in total. The van der Waals surface area contributed by atoms with Crippen LogP contribution in [0.25, 0.3) is 0 Å². The highest BCUT2D eigenvalue weighted by atomic mass is 19.1. The highest BCUT2D eigenvalue weighted by Gasteiger charge is 2.14. The third-order valence-electron chi connectivity index (χ3n) is 1.53. The van der Waals surface area contributed by atoms with Gasteiger partial charge in [0.1, 0.15) is 5.75 Å². The lowest BCUT2D eigenvalue weighted by Gasteiger charge is -2.10. The number of nitrogens with zero attached hydrogens (tertiary/aromatic N) is 1. The Morgan fingerprint density at radius 1 is 1.62 bits per heavy atom. The number of pyridine rings is 1. The molecule has 0 spiro atoms. The number of rotatable bonds is 3. The number of hydrogen-bond acceptors (Lipinski definition) is 3. The first-order chi connectivity index (χ1) is 6.16. The van der Waals surface area contributed by atoms with E-state index < -0.39 is 18.8 Å². The van der Waals surface area contributed by atoms with Gasteiger partial charge in [-0.15, -0.1) is 0 Å². The average molecular weight is 189 g/mol. The lowest BCUT2D eigenvalue weighted by Crippen LogP contribution is -2.03. The van der Waals surface area contributed by atoms with Crippen LogP contribution in [0, 0.1) is 5.82 Å². The van der Waals surface area contributed by atoms with Crippen LogP contribution < -0.4 is 4.74 Å². The first-order valence-electron chi connectivity index (χ1n) is 3.67. The number of aliphatic hydroxyl groups excluding tert-OH is 1. The van der Waals surface area contributed by atoms with E-state index in [1.165, 1.54) is 6.92 Å². The lowest BCUT2D eigenvalue weighted by atomic mass is 10.1. The SMILES string of the molecule is CC(O)c1c(F)cncc1OCF. The maximum absolute atomic E-state index is 13.0. The molecule has 13 heavy (non-hydrogen) atoms. The largest absolute Gasteiger partial charge is 0.461 e. The Hall–Kier alpha value is -1.23. The number of alkyl halides is 1. The zero-order valence-corrected chi connectivity index (χ0v) is 7.00. The molecule has 1 atom stereocenters. The summed E-state index contributed by atoms with van der Waals surface area (Å²) in [4.78, 5) is 3.47. The van der Waals surface area contributed by atoms with Gasteiger partial charge in [-0.2, -0.15) is 0 Å². The van der Waals surface area contributed by atoms with Crippen molar-refractivity contribution in [2.75, 3.05) is 6.86 Å². The minimum Gasteiger partial charge on any atom is -0.461 e. The minimum atomic E-state index is -1.08. The van der Waals surface area contributed by atoms with Crippen molar-refractivity contribution in [3.63, 3.8) is 0 Å². The van der Waals surface area contributed by atoms with E-state index in [4.69, 9.17) is 5.11 Å². The summed E-state index contributed by atoms with van der Waals surface area (Å²) in [7, 11) is 0. The quantitative estimate of drug-likeness (QED) is 0.784. The Labute approximate surface area is 74.0 Å². The Kier molecular flexibility index (Phi) is 3.13.